The average Bonchev–Trinajstić information content (AvgIpc) is 3.11. The molecular weight excluding hydrogens is 278 g/mol. The van der Waals surface area contributed by atoms with Gasteiger partial charge in [-0.15, -0.1) is 0 Å². The zero-order valence-corrected chi connectivity index (χ0v) is 12.5. The second-order valence-corrected chi connectivity index (χ2v) is 6.27. The van der Waals surface area contributed by atoms with Crippen LogP contribution in [0.15, 0.2) is 78.9 Å². The number of fused-ring (bicyclic) bond motifs is 7. The number of hydrogen-bond acceptors (Lipinski definition) is 0. The van der Waals surface area contributed by atoms with Crippen LogP contribution in [0.1, 0.15) is 0 Å². The van der Waals surface area contributed by atoms with Crippen molar-refractivity contribution in [3.05, 3.63) is 78.9 Å². The van der Waals surface area contributed by atoms with Crippen molar-refractivity contribution in [3.8, 4) is 0 Å². The van der Waals surface area contributed by atoms with Crippen molar-refractivity contribution in [2.75, 3.05) is 0 Å². The molecule has 0 aliphatic heterocycles. The van der Waals surface area contributed by atoms with E-state index in [4.69, 9.17) is 0 Å². The molecule has 0 spiro atoms. The van der Waals surface area contributed by atoms with Gasteiger partial charge in [-0.2, -0.15) is 0 Å². The molecule has 0 N–H and O–H groups in total. The third kappa shape index (κ3) is 1.29. The average molecular weight is 291 g/mol. The molecule has 0 fully saturated rings. The van der Waals surface area contributed by atoms with Gasteiger partial charge in [0.15, 0.2) is 0 Å². The molecule has 0 bridgehead atoms. The van der Waals surface area contributed by atoms with Crippen LogP contribution in [0.2, 0.25) is 0 Å². The molecule has 0 saturated heterocycles. The highest BCUT2D eigenvalue weighted by Crippen LogP contribution is 2.39. The third-order valence-electron chi connectivity index (χ3n) is 5.09. The Labute approximate surface area is 132 Å². The van der Waals surface area contributed by atoms with E-state index in [2.05, 4.69) is 83.3 Å². The van der Waals surface area contributed by atoms with E-state index < -0.39 is 0 Å². The minimum Gasteiger partial charge on any atom is -0.308 e. The fraction of sp³-hybridized carbons (Fsp3) is 0. The molecule has 0 saturated carbocycles. The predicted octanol–water partition coefficient (Wildman–Crippen LogP) is 5.99. The fourth-order valence-electron chi connectivity index (χ4n) is 4.12. The summed E-state index contributed by atoms with van der Waals surface area (Å²) in [5.41, 5.74) is 3.94. The second-order valence-electron chi connectivity index (χ2n) is 6.27. The SMILES string of the molecule is c1ccc2cc3c(cc2c1)c1cccc2c4ccccc4n3c21. The smallest absolute Gasteiger partial charge is 0.0620 e. The van der Waals surface area contributed by atoms with E-state index in [0.29, 0.717) is 0 Å². The van der Waals surface area contributed by atoms with E-state index in [1.165, 1.54) is 48.9 Å². The molecule has 6 rings (SSSR count). The summed E-state index contributed by atoms with van der Waals surface area (Å²) in [6.45, 7) is 0. The molecule has 6 aromatic rings. The van der Waals surface area contributed by atoms with Gasteiger partial charge in [0, 0.05) is 21.5 Å². The van der Waals surface area contributed by atoms with Crippen LogP contribution in [-0.4, -0.2) is 4.40 Å². The number of para-hydroxylation sites is 2. The van der Waals surface area contributed by atoms with Gasteiger partial charge in [-0.1, -0.05) is 60.7 Å². The Balaban J connectivity index is 2.04. The largest absolute Gasteiger partial charge is 0.308 e. The molecule has 1 heteroatoms. The first-order valence-corrected chi connectivity index (χ1v) is 7.97. The van der Waals surface area contributed by atoms with Crippen LogP contribution in [0.3, 0.4) is 0 Å². The number of hydrogen-bond donors (Lipinski definition) is 0. The van der Waals surface area contributed by atoms with Crippen LogP contribution in [0.25, 0.3) is 48.9 Å². The van der Waals surface area contributed by atoms with Gasteiger partial charge in [0.25, 0.3) is 0 Å². The summed E-state index contributed by atoms with van der Waals surface area (Å²) in [6, 6.07) is 28.7. The van der Waals surface area contributed by atoms with Crippen LogP contribution < -0.4 is 0 Å². The van der Waals surface area contributed by atoms with E-state index in [1.54, 1.807) is 0 Å². The van der Waals surface area contributed by atoms with Gasteiger partial charge in [0.2, 0.25) is 0 Å². The summed E-state index contributed by atoms with van der Waals surface area (Å²) < 4.78 is 2.43. The van der Waals surface area contributed by atoms with E-state index in [9.17, 15) is 0 Å². The highest BCUT2D eigenvalue weighted by atomic mass is 14.9. The highest BCUT2D eigenvalue weighted by Gasteiger charge is 2.16. The Morgan fingerprint density at radius 1 is 0.478 bits per heavy atom. The zero-order chi connectivity index (χ0) is 15.0. The monoisotopic (exact) mass is 291 g/mol. The molecule has 0 radical (unpaired) electrons. The summed E-state index contributed by atoms with van der Waals surface area (Å²) in [5, 5.41) is 7.97. The van der Waals surface area contributed by atoms with E-state index in [1.807, 2.05) is 0 Å². The standard InChI is InChI=1S/C22H13N/c1-2-7-15-13-21-19(12-14(15)6-1)18-10-5-9-17-16-8-3-4-11-20(16)23(21)22(17)18/h1-13H. The Hall–Kier alpha value is -3.06. The summed E-state index contributed by atoms with van der Waals surface area (Å²) in [5.74, 6) is 0. The molecule has 2 aromatic heterocycles. The minimum atomic E-state index is 1.30. The van der Waals surface area contributed by atoms with Gasteiger partial charge < -0.3 is 4.40 Å². The third-order valence-corrected chi connectivity index (χ3v) is 5.09. The van der Waals surface area contributed by atoms with Gasteiger partial charge in [0.1, 0.15) is 0 Å². The maximum atomic E-state index is 2.43. The van der Waals surface area contributed by atoms with Crippen LogP contribution in [0.5, 0.6) is 0 Å². The normalized spacial score (nSPS) is 12.3. The quantitative estimate of drug-likeness (QED) is 0.324. The van der Waals surface area contributed by atoms with Gasteiger partial charge in [-0.25, -0.2) is 0 Å². The Morgan fingerprint density at radius 3 is 2.00 bits per heavy atom. The van der Waals surface area contributed by atoms with Gasteiger partial charge in [-0.3, -0.25) is 0 Å². The van der Waals surface area contributed by atoms with E-state index >= 15 is 0 Å². The van der Waals surface area contributed by atoms with Crippen LogP contribution in [-0.2, 0) is 0 Å². The molecule has 106 valence electrons. The lowest BCUT2D eigenvalue weighted by atomic mass is 10.0. The van der Waals surface area contributed by atoms with Crippen molar-refractivity contribution in [3.63, 3.8) is 0 Å². The first kappa shape index (κ1) is 11.5. The van der Waals surface area contributed by atoms with Crippen molar-refractivity contribution in [1.82, 2.24) is 4.40 Å². The summed E-state index contributed by atoms with van der Waals surface area (Å²) in [4.78, 5) is 0. The molecule has 4 aromatic carbocycles. The molecule has 0 unspecified atom stereocenters. The lowest BCUT2D eigenvalue weighted by Crippen LogP contribution is -1.80. The topological polar surface area (TPSA) is 4.41 Å². The van der Waals surface area contributed by atoms with Gasteiger partial charge >= 0.3 is 0 Å². The summed E-state index contributed by atoms with van der Waals surface area (Å²) in [6.07, 6.45) is 0. The number of benzene rings is 4. The second kappa shape index (κ2) is 3.82. The number of nitrogens with zero attached hydrogens (tertiary/aromatic N) is 1. The Kier molecular flexibility index (Phi) is 1.91. The summed E-state index contributed by atoms with van der Waals surface area (Å²) in [7, 11) is 0. The van der Waals surface area contributed by atoms with Gasteiger partial charge in [-0.05, 0) is 29.0 Å². The van der Waals surface area contributed by atoms with Crippen molar-refractivity contribution in [2.45, 2.75) is 0 Å². The zero-order valence-electron chi connectivity index (χ0n) is 12.5. The minimum absolute atomic E-state index is 1.30. The van der Waals surface area contributed by atoms with Crippen molar-refractivity contribution >= 4 is 48.9 Å². The molecule has 0 amide bonds. The number of rotatable bonds is 0. The molecule has 1 nitrogen and oxygen atoms in total. The Morgan fingerprint density at radius 2 is 1.13 bits per heavy atom. The van der Waals surface area contributed by atoms with Crippen LogP contribution >= 0.6 is 0 Å². The maximum Gasteiger partial charge on any atom is 0.0620 e. The first-order chi connectivity index (χ1) is 11.4. The molecule has 0 atom stereocenters. The van der Waals surface area contributed by atoms with Crippen molar-refractivity contribution in [2.24, 2.45) is 0 Å². The van der Waals surface area contributed by atoms with Crippen molar-refractivity contribution in [1.29, 1.82) is 0 Å². The Bertz CT molecular complexity index is 1350. The van der Waals surface area contributed by atoms with Crippen LogP contribution in [0.4, 0.5) is 0 Å². The van der Waals surface area contributed by atoms with E-state index in [-0.39, 0.29) is 0 Å². The molecular formula is C22H13N. The highest BCUT2D eigenvalue weighted by molar-refractivity contribution is 6.24. The lowest BCUT2D eigenvalue weighted by molar-refractivity contribution is 1.37. The molecule has 23 heavy (non-hydrogen) atoms. The fourth-order valence-corrected chi connectivity index (χ4v) is 4.12. The predicted molar refractivity (Wildman–Crippen MR) is 98.6 cm³/mol. The van der Waals surface area contributed by atoms with Crippen molar-refractivity contribution < 1.29 is 0 Å². The first-order valence-electron chi connectivity index (χ1n) is 7.97. The molecule has 2 heterocycles. The molecule has 0 aliphatic rings. The summed E-state index contributed by atoms with van der Waals surface area (Å²) >= 11 is 0. The van der Waals surface area contributed by atoms with E-state index in [0.717, 1.165) is 0 Å². The van der Waals surface area contributed by atoms with Crippen LogP contribution in [0, 0.1) is 0 Å². The number of aromatic nitrogens is 1. The van der Waals surface area contributed by atoms with Gasteiger partial charge in [0.05, 0.1) is 16.6 Å². The lowest BCUT2D eigenvalue weighted by Gasteiger charge is -2.01. The molecule has 0 aliphatic carbocycles. The maximum absolute atomic E-state index is 2.43.